The average Bonchev–Trinajstić information content (AvgIpc) is 3.19. The molecule has 2 aromatic rings. The van der Waals surface area contributed by atoms with Crippen molar-refractivity contribution in [1.82, 2.24) is 0 Å². The van der Waals surface area contributed by atoms with Crippen LogP contribution in [-0.4, -0.2) is 44.1 Å². The van der Waals surface area contributed by atoms with Gasteiger partial charge in [0.15, 0.2) is 11.5 Å². The molecule has 2 aromatic carbocycles. The van der Waals surface area contributed by atoms with Crippen LogP contribution in [0.15, 0.2) is 42.5 Å². The Bertz CT molecular complexity index is 988. The number of hydrogen-bond acceptors (Lipinski definition) is 6. The first kappa shape index (κ1) is 20.7. The fourth-order valence-electron chi connectivity index (χ4n) is 3.54. The van der Waals surface area contributed by atoms with Crippen molar-refractivity contribution >= 4 is 29.2 Å². The SMILES string of the molecule is CCCOC(=O)c1ccc(NC(=O)[C@@H]2CC(=O)N(c3ccc4c(c3)OCCO4)C2)cc1. The van der Waals surface area contributed by atoms with Crippen LogP contribution >= 0.6 is 0 Å². The van der Waals surface area contributed by atoms with Crippen LogP contribution in [0.2, 0.25) is 0 Å². The fourth-order valence-corrected chi connectivity index (χ4v) is 3.54. The van der Waals surface area contributed by atoms with Gasteiger partial charge in [0.25, 0.3) is 0 Å². The van der Waals surface area contributed by atoms with Crippen LogP contribution < -0.4 is 19.7 Å². The third-order valence-electron chi connectivity index (χ3n) is 5.16. The van der Waals surface area contributed by atoms with Crippen molar-refractivity contribution < 1.29 is 28.6 Å². The first-order valence-electron chi connectivity index (χ1n) is 10.3. The maximum absolute atomic E-state index is 12.7. The highest BCUT2D eigenvalue weighted by molar-refractivity contribution is 6.03. The smallest absolute Gasteiger partial charge is 0.338 e. The molecular weight excluding hydrogens is 400 g/mol. The van der Waals surface area contributed by atoms with Crippen LogP contribution in [0, 0.1) is 5.92 Å². The Morgan fingerprint density at radius 3 is 2.58 bits per heavy atom. The molecule has 2 aliphatic rings. The molecule has 1 saturated heterocycles. The minimum absolute atomic E-state index is 0.120. The molecule has 0 aromatic heterocycles. The quantitative estimate of drug-likeness (QED) is 0.717. The van der Waals surface area contributed by atoms with E-state index in [9.17, 15) is 14.4 Å². The van der Waals surface area contributed by atoms with Crippen molar-refractivity contribution in [2.75, 3.05) is 36.6 Å². The van der Waals surface area contributed by atoms with Crippen LogP contribution in [0.25, 0.3) is 0 Å². The number of carbonyl (C=O) groups is 3. The van der Waals surface area contributed by atoms with Gasteiger partial charge in [0.05, 0.1) is 18.1 Å². The number of amides is 2. The van der Waals surface area contributed by atoms with E-state index >= 15 is 0 Å². The highest BCUT2D eigenvalue weighted by Crippen LogP contribution is 2.36. The molecule has 0 bridgehead atoms. The molecule has 0 saturated carbocycles. The summed E-state index contributed by atoms with van der Waals surface area (Å²) < 4.78 is 16.2. The summed E-state index contributed by atoms with van der Waals surface area (Å²) in [6.45, 7) is 3.54. The molecule has 0 radical (unpaired) electrons. The molecule has 31 heavy (non-hydrogen) atoms. The number of esters is 1. The minimum atomic E-state index is -0.477. The van der Waals surface area contributed by atoms with Crippen molar-refractivity contribution in [2.45, 2.75) is 19.8 Å². The fraction of sp³-hybridized carbons (Fsp3) is 0.348. The van der Waals surface area contributed by atoms with Crippen LogP contribution in [0.1, 0.15) is 30.1 Å². The predicted molar refractivity (Wildman–Crippen MR) is 114 cm³/mol. The monoisotopic (exact) mass is 424 g/mol. The molecule has 1 N–H and O–H groups in total. The molecule has 8 heteroatoms. The standard InChI is InChI=1S/C23H24N2O6/c1-2-9-31-23(28)15-3-5-17(6-4-15)24-22(27)16-12-21(26)25(14-16)18-7-8-19-20(13-18)30-11-10-29-19/h3-8,13,16H,2,9-12,14H2,1H3,(H,24,27)/t16-/m1/s1. The van der Waals surface area contributed by atoms with E-state index in [0.717, 1.165) is 6.42 Å². The normalized spacial score (nSPS) is 17.4. The first-order valence-corrected chi connectivity index (χ1v) is 10.3. The zero-order valence-electron chi connectivity index (χ0n) is 17.3. The Labute approximate surface area is 180 Å². The van der Waals surface area contributed by atoms with Crippen LogP contribution in [0.3, 0.4) is 0 Å². The molecule has 2 heterocycles. The third-order valence-corrected chi connectivity index (χ3v) is 5.16. The van der Waals surface area contributed by atoms with Gasteiger partial charge < -0.3 is 24.4 Å². The van der Waals surface area contributed by atoms with Gasteiger partial charge in [0.2, 0.25) is 11.8 Å². The number of ether oxygens (including phenoxy) is 3. The lowest BCUT2D eigenvalue weighted by Crippen LogP contribution is -2.28. The second-order valence-corrected chi connectivity index (χ2v) is 7.44. The molecule has 2 amide bonds. The summed E-state index contributed by atoms with van der Waals surface area (Å²) in [5, 5.41) is 2.82. The highest BCUT2D eigenvalue weighted by atomic mass is 16.6. The molecule has 0 spiro atoms. The van der Waals surface area contributed by atoms with E-state index < -0.39 is 11.9 Å². The molecule has 0 aliphatic carbocycles. The minimum Gasteiger partial charge on any atom is -0.486 e. The Morgan fingerprint density at radius 2 is 1.84 bits per heavy atom. The van der Waals surface area contributed by atoms with Gasteiger partial charge in [-0.2, -0.15) is 0 Å². The van der Waals surface area contributed by atoms with E-state index in [-0.39, 0.29) is 24.8 Å². The summed E-state index contributed by atoms with van der Waals surface area (Å²) in [7, 11) is 0. The van der Waals surface area contributed by atoms with Crippen molar-refractivity contribution in [1.29, 1.82) is 0 Å². The molecule has 4 rings (SSSR count). The molecule has 1 fully saturated rings. The lowest BCUT2D eigenvalue weighted by molar-refractivity contribution is -0.122. The second kappa shape index (κ2) is 9.07. The molecule has 8 nitrogen and oxygen atoms in total. The summed E-state index contributed by atoms with van der Waals surface area (Å²) in [5.74, 6) is 0.0200. The lowest BCUT2D eigenvalue weighted by Gasteiger charge is -2.22. The molecular formula is C23H24N2O6. The van der Waals surface area contributed by atoms with E-state index in [4.69, 9.17) is 14.2 Å². The molecule has 0 unspecified atom stereocenters. The average molecular weight is 424 g/mol. The van der Waals surface area contributed by atoms with E-state index in [0.29, 0.717) is 48.3 Å². The maximum atomic E-state index is 12.7. The van der Waals surface area contributed by atoms with Crippen LogP contribution in [0.4, 0.5) is 11.4 Å². The number of hydrogen-bond donors (Lipinski definition) is 1. The van der Waals surface area contributed by atoms with E-state index in [1.807, 2.05) is 6.92 Å². The third kappa shape index (κ3) is 4.63. The number of benzene rings is 2. The number of anilines is 2. The zero-order chi connectivity index (χ0) is 21.8. The predicted octanol–water partition coefficient (Wildman–Crippen LogP) is 3.02. The largest absolute Gasteiger partial charge is 0.486 e. The van der Waals surface area contributed by atoms with Gasteiger partial charge in [-0.1, -0.05) is 6.92 Å². The van der Waals surface area contributed by atoms with Crippen molar-refractivity contribution in [2.24, 2.45) is 5.92 Å². The summed E-state index contributed by atoms with van der Waals surface area (Å²) in [5.41, 5.74) is 1.66. The lowest BCUT2D eigenvalue weighted by atomic mass is 10.1. The highest BCUT2D eigenvalue weighted by Gasteiger charge is 2.35. The Morgan fingerprint density at radius 1 is 1.10 bits per heavy atom. The molecule has 1 atom stereocenters. The number of fused-ring (bicyclic) bond motifs is 1. The van der Waals surface area contributed by atoms with Crippen LogP contribution in [-0.2, 0) is 14.3 Å². The Hall–Kier alpha value is -3.55. The molecule has 162 valence electrons. The second-order valence-electron chi connectivity index (χ2n) is 7.44. The summed E-state index contributed by atoms with van der Waals surface area (Å²) in [6, 6.07) is 11.8. The summed E-state index contributed by atoms with van der Waals surface area (Å²) >= 11 is 0. The van der Waals surface area contributed by atoms with Gasteiger partial charge in [-0.3, -0.25) is 9.59 Å². The topological polar surface area (TPSA) is 94.2 Å². The Kier molecular flexibility index (Phi) is 6.06. The molecule has 2 aliphatic heterocycles. The van der Waals surface area contributed by atoms with Crippen molar-refractivity contribution in [3.8, 4) is 11.5 Å². The van der Waals surface area contributed by atoms with E-state index in [2.05, 4.69) is 5.32 Å². The Balaban J connectivity index is 1.38. The number of carbonyl (C=O) groups excluding carboxylic acids is 3. The maximum Gasteiger partial charge on any atom is 0.338 e. The van der Waals surface area contributed by atoms with Gasteiger partial charge in [-0.25, -0.2) is 4.79 Å². The van der Waals surface area contributed by atoms with E-state index in [1.54, 1.807) is 47.4 Å². The van der Waals surface area contributed by atoms with Crippen LogP contribution in [0.5, 0.6) is 11.5 Å². The van der Waals surface area contributed by atoms with Crippen molar-refractivity contribution in [3.63, 3.8) is 0 Å². The van der Waals surface area contributed by atoms with Gasteiger partial charge in [0.1, 0.15) is 13.2 Å². The van der Waals surface area contributed by atoms with Gasteiger partial charge >= 0.3 is 5.97 Å². The van der Waals surface area contributed by atoms with Gasteiger partial charge in [0, 0.05) is 30.4 Å². The first-order chi connectivity index (χ1) is 15.0. The zero-order valence-corrected chi connectivity index (χ0v) is 17.3. The van der Waals surface area contributed by atoms with E-state index in [1.165, 1.54) is 0 Å². The number of rotatable bonds is 6. The van der Waals surface area contributed by atoms with Crippen molar-refractivity contribution in [3.05, 3.63) is 48.0 Å². The summed E-state index contributed by atoms with van der Waals surface area (Å²) in [4.78, 5) is 38.7. The summed E-state index contributed by atoms with van der Waals surface area (Å²) in [6.07, 6.45) is 0.880. The van der Waals surface area contributed by atoms with Gasteiger partial charge in [-0.15, -0.1) is 0 Å². The van der Waals surface area contributed by atoms with Gasteiger partial charge in [-0.05, 0) is 42.8 Å². The number of nitrogens with one attached hydrogen (secondary N) is 1. The number of nitrogens with zero attached hydrogens (tertiary/aromatic N) is 1.